The first-order valence-corrected chi connectivity index (χ1v) is 11.4. The molecule has 1 aliphatic rings. The van der Waals surface area contributed by atoms with Crippen molar-refractivity contribution in [1.29, 1.82) is 0 Å². The molecule has 6 heteroatoms. The highest BCUT2D eigenvalue weighted by Gasteiger charge is 2.20. The summed E-state index contributed by atoms with van der Waals surface area (Å²) in [6.07, 6.45) is 11.5. The van der Waals surface area contributed by atoms with Gasteiger partial charge in [-0.1, -0.05) is 50.5 Å². The molecule has 6 nitrogen and oxygen atoms in total. The van der Waals surface area contributed by atoms with Crippen LogP contribution in [-0.4, -0.2) is 31.7 Å². The smallest absolute Gasteiger partial charge is 0.223 e. The van der Waals surface area contributed by atoms with E-state index in [1.165, 1.54) is 18.4 Å². The van der Waals surface area contributed by atoms with Gasteiger partial charge >= 0.3 is 0 Å². The third kappa shape index (κ3) is 4.00. The number of fused-ring (bicyclic) bond motifs is 1. The lowest BCUT2D eigenvalue weighted by Gasteiger charge is -2.12. The average Bonchev–Trinajstić information content (AvgIpc) is 3.47. The van der Waals surface area contributed by atoms with Crippen LogP contribution in [-0.2, 0) is 6.42 Å². The number of benzene rings is 1. The summed E-state index contributed by atoms with van der Waals surface area (Å²) >= 11 is 0. The van der Waals surface area contributed by atoms with Crippen LogP contribution in [0.2, 0.25) is 0 Å². The van der Waals surface area contributed by atoms with Gasteiger partial charge in [0.15, 0.2) is 0 Å². The Morgan fingerprint density at radius 2 is 1.91 bits per heavy atom. The van der Waals surface area contributed by atoms with E-state index in [1.54, 1.807) is 12.3 Å². The molecule has 162 valence electrons. The quantitative estimate of drug-likeness (QED) is 0.392. The van der Waals surface area contributed by atoms with Gasteiger partial charge in [0.1, 0.15) is 11.9 Å². The highest BCUT2D eigenvalue weighted by Crippen LogP contribution is 2.33. The number of rotatable bonds is 7. The first kappa shape index (κ1) is 20.4. The zero-order valence-corrected chi connectivity index (χ0v) is 18.3. The van der Waals surface area contributed by atoms with Gasteiger partial charge in [0.2, 0.25) is 5.95 Å². The summed E-state index contributed by atoms with van der Waals surface area (Å²) in [7, 11) is 0. The summed E-state index contributed by atoms with van der Waals surface area (Å²) < 4.78 is 2.00. The van der Waals surface area contributed by atoms with E-state index in [1.807, 2.05) is 22.7 Å². The summed E-state index contributed by atoms with van der Waals surface area (Å²) in [6.45, 7) is 2.19. The highest BCUT2D eigenvalue weighted by atomic mass is 16.1. The lowest BCUT2D eigenvalue weighted by Crippen LogP contribution is -2.16. The van der Waals surface area contributed by atoms with Crippen molar-refractivity contribution in [3.05, 3.63) is 66.0 Å². The Hall–Kier alpha value is -3.54. The van der Waals surface area contributed by atoms with Gasteiger partial charge in [-0.15, -0.1) is 0 Å². The minimum atomic E-state index is 0.438. The number of carbonyl (C=O) groups excluding carboxylic acids is 1. The zero-order chi connectivity index (χ0) is 21.9. The maximum absolute atomic E-state index is 11.3. The van der Waals surface area contributed by atoms with Crippen LogP contribution >= 0.6 is 0 Å². The summed E-state index contributed by atoms with van der Waals surface area (Å²) in [5, 5.41) is 3.49. The number of pyridine rings is 1. The summed E-state index contributed by atoms with van der Waals surface area (Å²) in [6, 6.07) is 14.5. The van der Waals surface area contributed by atoms with Crippen LogP contribution < -0.4 is 5.32 Å². The lowest BCUT2D eigenvalue weighted by atomic mass is 10.0. The second-order valence-electron chi connectivity index (χ2n) is 8.45. The topological polar surface area (TPSA) is 72.2 Å². The van der Waals surface area contributed by atoms with Crippen molar-refractivity contribution in [3.8, 4) is 22.6 Å². The van der Waals surface area contributed by atoms with Crippen molar-refractivity contribution in [2.45, 2.75) is 51.5 Å². The Bertz CT molecular complexity index is 1240. The molecule has 0 unspecified atom stereocenters. The van der Waals surface area contributed by atoms with Crippen LogP contribution in [0.3, 0.4) is 0 Å². The van der Waals surface area contributed by atoms with Crippen LogP contribution in [0.4, 0.5) is 5.95 Å². The molecule has 0 saturated heterocycles. The Labute approximate surface area is 187 Å². The number of carbonyl (C=O) groups is 1. The fraction of sp³-hybridized carbons (Fsp3) is 0.308. The number of hydrogen-bond donors (Lipinski definition) is 1. The third-order valence-corrected chi connectivity index (χ3v) is 6.14. The summed E-state index contributed by atoms with van der Waals surface area (Å²) in [4.78, 5) is 25.5. The van der Waals surface area contributed by atoms with Gasteiger partial charge < -0.3 is 5.32 Å². The molecule has 0 bridgehead atoms. The van der Waals surface area contributed by atoms with E-state index in [4.69, 9.17) is 9.97 Å². The molecule has 3 heterocycles. The van der Waals surface area contributed by atoms with Crippen LogP contribution in [0.15, 0.2) is 54.9 Å². The third-order valence-electron chi connectivity index (χ3n) is 6.14. The fourth-order valence-electron chi connectivity index (χ4n) is 4.51. The van der Waals surface area contributed by atoms with Gasteiger partial charge in [-0.25, -0.2) is 15.0 Å². The van der Waals surface area contributed by atoms with E-state index in [-0.39, 0.29) is 0 Å². The number of nitrogens with zero attached hydrogens (tertiary/aromatic N) is 4. The number of aldehydes is 1. The Balaban J connectivity index is 1.62. The predicted octanol–water partition coefficient (Wildman–Crippen LogP) is 5.58. The number of nitrogens with one attached hydrogen (secondary N) is 1. The Morgan fingerprint density at radius 1 is 1.09 bits per heavy atom. The molecule has 0 radical (unpaired) electrons. The second-order valence-corrected chi connectivity index (χ2v) is 8.45. The van der Waals surface area contributed by atoms with Gasteiger partial charge in [0, 0.05) is 29.6 Å². The number of hydrogen-bond acceptors (Lipinski definition) is 5. The van der Waals surface area contributed by atoms with Gasteiger partial charge in [0.05, 0.1) is 17.1 Å². The van der Waals surface area contributed by atoms with Gasteiger partial charge in [-0.2, -0.15) is 0 Å². The van der Waals surface area contributed by atoms with Crippen molar-refractivity contribution in [2.24, 2.45) is 0 Å². The molecule has 1 N–H and O–H groups in total. The molecule has 0 amide bonds. The van der Waals surface area contributed by atoms with E-state index < -0.39 is 0 Å². The Morgan fingerprint density at radius 3 is 2.66 bits per heavy atom. The lowest BCUT2D eigenvalue weighted by molar-refractivity contribution is 0.112. The maximum atomic E-state index is 11.3. The van der Waals surface area contributed by atoms with Crippen molar-refractivity contribution >= 4 is 17.9 Å². The van der Waals surface area contributed by atoms with Gasteiger partial charge in [-0.3, -0.25) is 9.20 Å². The highest BCUT2D eigenvalue weighted by molar-refractivity contribution is 5.83. The largest absolute Gasteiger partial charge is 0.351 e. The molecule has 1 aromatic carbocycles. The van der Waals surface area contributed by atoms with Crippen molar-refractivity contribution < 1.29 is 4.79 Å². The molecule has 0 spiro atoms. The Kier molecular flexibility index (Phi) is 5.67. The molecule has 1 fully saturated rings. The van der Waals surface area contributed by atoms with E-state index in [2.05, 4.69) is 41.5 Å². The zero-order valence-electron chi connectivity index (χ0n) is 18.3. The van der Waals surface area contributed by atoms with Gasteiger partial charge in [0.25, 0.3) is 0 Å². The van der Waals surface area contributed by atoms with Crippen molar-refractivity contribution in [3.63, 3.8) is 0 Å². The van der Waals surface area contributed by atoms with E-state index >= 15 is 0 Å². The fourth-order valence-corrected chi connectivity index (χ4v) is 4.51. The molecule has 0 atom stereocenters. The predicted molar refractivity (Wildman–Crippen MR) is 127 cm³/mol. The van der Waals surface area contributed by atoms with Crippen LogP contribution in [0.25, 0.3) is 28.3 Å². The van der Waals surface area contributed by atoms with Crippen molar-refractivity contribution in [1.82, 2.24) is 19.4 Å². The molecular formula is C26H27N5O. The van der Waals surface area contributed by atoms with E-state index in [0.717, 1.165) is 60.3 Å². The maximum Gasteiger partial charge on any atom is 0.223 e. The molecule has 32 heavy (non-hydrogen) atoms. The molecule has 3 aromatic heterocycles. The molecule has 4 aromatic rings. The molecule has 5 rings (SSSR count). The SMILES string of the molecule is CCCc1ccc(-c2nc3cc(C=O)ccn3c2-c2ccnc(NC3CCCC3)n2)cc1. The average molecular weight is 426 g/mol. The standard InChI is InChI=1S/C26H27N5O/c1-2-5-18-8-10-20(11-9-18)24-25(31-15-13-19(17-32)16-23(31)30-24)22-12-14-27-26(29-22)28-21-6-3-4-7-21/h8-17,21H,2-7H2,1H3,(H,27,28,29). The van der Waals surface area contributed by atoms with E-state index in [9.17, 15) is 4.79 Å². The molecule has 1 aliphatic carbocycles. The summed E-state index contributed by atoms with van der Waals surface area (Å²) in [5.41, 5.74) is 6.22. The monoisotopic (exact) mass is 425 g/mol. The minimum Gasteiger partial charge on any atom is -0.351 e. The number of anilines is 1. The normalized spacial score (nSPS) is 14.2. The van der Waals surface area contributed by atoms with Crippen molar-refractivity contribution in [2.75, 3.05) is 5.32 Å². The molecular weight excluding hydrogens is 398 g/mol. The van der Waals surface area contributed by atoms with Crippen LogP contribution in [0.1, 0.15) is 54.9 Å². The first-order valence-electron chi connectivity index (χ1n) is 11.4. The molecule has 1 saturated carbocycles. The first-order chi connectivity index (χ1) is 15.7. The number of aromatic nitrogens is 4. The second kappa shape index (κ2) is 8.91. The summed E-state index contributed by atoms with van der Waals surface area (Å²) in [5.74, 6) is 0.651. The number of imidazole rings is 1. The minimum absolute atomic E-state index is 0.438. The van der Waals surface area contributed by atoms with Crippen LogP contribution in [0, 0.1) is 0 Å². The van der Waals surface area contributed by atoms with E-state index in [0.29, 0.717) is 17.6 Å². The van der Waals surface area contributed by atoms with Gasteiger partial charge in [-0.05, 0) is 43.0 Å². The number of aryl methyl sites for hydroxylation is 1. The van der Waals surface area contributed by atoms with Crippen LogP contribution in [0.5, 0.6) is 0 Å². The molecule has 0 aliphatic heterocycles.